The molecule has 2 aromatic heterocycles. The van der Waals surface area contributed by atoms with E-state index >= 15 is 0 Å². The van der Waals surface area contributed by atoms with Crippen molar-refractivity contribution in [3.63, 3.8) is 0 Å². The maximum Gasteiger partial charge on any atom is 0.222 e. The van der Waals surface area contributed by atoms with Gasteiger partial charge in [0, 0.05) is 39.0 Å². The van der Waals surface area contributed by atoms with Gasteiger partial charge in [0.1, 0.15) is 11.6 Å². The lowest BCUT2D eigenvalue weighted by Gasteiger charge is -2.26. The molecule has 1 amide bonds. The maximum absolute atomic E-state index is 13.2. The number of amides is 1. The van der Waals surface area contributed by atoms with E-state index in [1.807, 2.05) is 41.2 Å². The molecule has 7 nitrogen and oxygen atoms in total. The van der Waals surface area contributed by atoms with Crippen LogP contribution in [0.2, 0.25) is 0 Å². The first kappa shape index (κ1) is 27.8. The highest BCUT2D eigenvalue weighted by atomic mass is 16.2. The lowest BCUT2D eigenvalue weighted by molar-refractivity contribution is -0.132. The molecule has 7 heteroatoms. The van der Waals surface area contributed by atoms with Crippen molar-refractivity contribution < 1.29 is 4.79 Å². The van der Waals surface area contributed by atoms with E-state index in [2.05, 4.69) is 68.7 Å². The molecule has 1 atom stereocenters. The summed E-state index contributed by atoms with van der Waals surface area (Å²) < 4.78 is 1.91. The summed E-state index contributed by atoms with van der Waals surface area (Å²) in [4.78, 5) is 27.7. The molecule has 0 aliphatic carbocycles. The zero-order valence-electron chi connectivity index (χ0n) is 24.6. The number of hydrogen-bond donors (Lipinski definition) is 0. The lowest BCUT2D eigenvalue weighted by Crippen LogP contribution is -2.36. The molecule has 5 rings (SSSR count). The summed E-state index contributed by atoms with van der Waals surface area (Å²) in [6, 6.07) is 18.7. The Kier molecular flexibility index (Phi) is 8.19. The van der Waals surface area contributed by atoms with Crippen molar-refractivity contribution in [2.45, 2.75) is 60.3 Å². The minimum Gasteiger partial charge on any atom is -0.354 e. The van der Waals surface area contributed by atoms with Crippen LogP contribution in [0.1, 0.15) is 63.9 Å². The number of benzene rings is 2. The van der Waals surface area contributed by atoms with Crippen LogP contribution in [0.25, 0.3) is 16.7 Å². The smallest absolute Gasteiger partial charge is 0.222 e. The van der Waals surface area contributed by atoms with Gasteiger partial charge in [-0.15, -0.1) is 0 Å². The van der Waals surface area contributed by atoms with E-state index in [4.69, 9.17) is 15.1 Å². The predicted octanol–water partition coefficient (Wildman–Crippen LogP) is 6.22. The maximum atomic E-state index is 13.2. The lowest BCUT2D eigenvalue weighted by atomic mass is 9.84. The van der Waals surface area contributed by atoms with Crippen molar-refractivity contribution in [3.05, 3.63) is 77.7 Å². The Bertz CT molecular complexity index is 1440. The fraction of sp³-hybridized carbons (Fsp3) is 0.455. The zero-order valence-corrected chi connectivity index (χ0v) is 24.6. The molecule has 210 valence electrons. The Morgan fingerprint density at radius 2 is 1.70 bits per heavy atom. The van der Waals surface area contributed by atoms with Crippen LogP contribution in [0.4, 0.5) is 5.82 Å². The SMILES string of the molecule is Cc1ccc(Cc2nc(N3CCCN(C(=O)C[C@H](C)CC(C)(C)C)CC3)c3cnn(-c4ccccc4)c3n2)cc1. The molecule has 40 heavy (non-hydrogen) atoms. The van der Waals surface area contributed by atoms with Crippen LogP contribution < -0.4 is 4.90 Å². The number of aryl methyl sites for hydroxylation is 1. The van der Waals surface area contributed by atoms with Crippen molar-refractivity contribution >= 4 is 22.8 Å². The summed E-state index contributed by atoms with van der Waals surface area (Å²) in [6.07, 6.45) is 5.10. The minimum absolute atomic E-state index is 0.230. The van der Waals surface area contributed by atoms with Crippen molar-refractivity contribution in [1.82, 2.24) is 24.6 Å². The molecule has 2 aromatic carbocycles. The van der Waals surface area contributed by atoms with Crippen molar-refractivity contribution in [1.29, 1.82) is 0 Å². The Balaban J connectivity index is 1.42. The van der Waals surface area contributed by atoms with E-state index in [1.54, 1.807) is 0 Å². The average Bonchev–Trinajstić information content (AvgIpc) is 3.17. The zero-order chi connectivity index (χ0) is 28.3. The third-order valence-electron chi connectivity index (χ3n) is 7.57. The van der Waals surface area contributed by atoms with Crippen molar-refractivity contribution in [3.8, 4) is 5.69 Å². The fourth-order valence-corrected chi connectivity index (χ4v) is 5.83. The molecule has 0 N–H and O–H groups in total. The molecule has 3 heterocycles. The number of rotatable bonds is 7. The highest BCUT2D eigenvalue weighted by Gasteiger charge is 2.25. The third-order valence-corrected chi connectivity index (χ3v) is 7.57. The van der Waals surface area contributed by atoms with E-state index < -0.39 is 0 Å². The monoisotopic (exact) mass is 538 g/mol. The van der Waals surface area contributed by atoms with E-state index in [-0.39, 0.29) is 11.3 Å². The van der Waals surface area contributed by atoms with Gasteiger partial charge in [-0.25, -0.2) is 14.6 Å². The molecule has 0 saturated carbocycles. The summed E-state index contributed by atoms with van der Waals surface area (Å²) in [7, 11) is 0. The molecule has 1 aliphatic rings. The second-order valence-corrected chi connectivity index (χ2v) is 12.6. The van der Waals surface area contributed by atoms with E-state index in [0.29, 0.717) is 25.3 Å². The van der Waals surface area contributed by atoms with Crippen LogP contribution >= 0.6 is 0 Å². The van der Waals surface area contributed by atoms with Crippen molar-refractivity contribution in [2.75, 3.05) is 31.1 Å². The van der Waals surface area contributed by atoms with Gasteiger partial charge in [-0.05, 0) is 48.8 Å². The number of para-hydroxylation sites is 1. The van der Waals surface area contributed by atoms with E-state index in [1.165, 1.54) is 11.1 Å². The van der Waals surface area contributed by atoms with Gasteiger partial charge in [0.25, 0.3) is 0 Å². The fourth-order valence-electron chi connectivity index (χ4n) is 5.83. The minimum atomic E-state index is 0.230. The van der Waals surface area contributed by atoms with Gasteiger partial charge >= 0.3 is 0 Å². The van der Waals surface area contributed by atoms with Gasteiger partial charge in [-0.2, -0.15) is 5.10 Å². The quantitative estimate of drug-likeness (QED) is 0.280. The van der Waals surface area contributed by atoms with Gasteiger partial charge in [0.05, 0.1) is 17.3 Å². The second-order valence-electron chi connectivity index (χ2n) is 12.6. The Hall–Kier alpha value is -3.74. The van der Waals surface area contributed by atoms with E-state index in [0.717, 1.165) is 60.8 Å². The summed E-state index contributed by atoms with van der Waals surface area (Å²) in [5.74, 6) is 2.33. The number of nitrogens with zero attached hydrogens (tertiary/aromatic N) is 6. The van der Waals surface area contributed by atoms with Crippen LogP contribution in [0.3, 0.4) is 0 Å². The average molecular weight is 539 g/mol. The first-order valence-corrected chi connectivity index (χ1v) is 14.5. The van der Waals surface area contributed by atoms with Crippen LogP contribution in [0.5, 0.6) is 0 Å². The van der Waals surface area contributed by atoms with Gasteiger partial charge in [-0.3, -0.25) is 4.79 Å². The van der Waals surface area contributed by atoms with Crippen LogP contribution in [-0.4, -0.2) is 56.7 Å². The van der Waals surface area contributed by atoms with Crippen LogP contribution in [0.15, 0.2) is 60.8 Å². The number of aromatic nitrogens is 4. The normalized spacial score (nSPS) is 15.3. The molecule has 1 aliphatic heterocycles. The molecule has 1 saturated heterocycles. The summed E-state index contributed by atoms with van der Waals surface area (Å²) in [6.45, 7) is 14.1. The number of anilines is 1. The number of carbonyl (C=O) groups is 1. The topological polar surface area (TPSA) is 67.2 Å². The molecule has 0 spiro atoms. The largest absolute Gasteiger partial charge is 0.354 e. The van der Waals surface area contributed by atoms with Gasteiger partial charge < -0.3 is 9.80 Å². The van der Waals surface area contributed by atoms with Crippen LogP contribution in [0, 0.1) is 18.3 Å². The van der Waals surface area contributed by atoms with E-state index in [9.17, 15) is 4.79 Å². The molecular weight excluding hydrogens is 496 g/mol. The molecule has 0 bridgehead atoms. The summed E-state index contributed by atoms with van der Waals surface area (Å²) in [5.41, 5.74) is 4.43. The molecular formula is C33H42N6O. The number of carbonyl (C=O) groups excluding carboxylic acids is 1. The number of fused-ring (bicyclic) bond motifs is 1. The third kappa shape index (κ3) is 6.69. The Morgan fingerprint density at radius 1 is 0.950 bits per heavy atom. The van der Waals surface area contributed by atoms with Gasteiger partial charge in [0.15, 0.2) is 5.65 Å². The molecule has 0 radical (unpaired) electrons. The standard InChI is InChI=1S/C33H42N6O/c1-24-12-14-26(15-13-24)21-29-35-31(28-23-34-39(32(28)36-29)27-10-7-6-8-11-27)38-17-9-16-37(18-19-38)30(40)20-25(2)22-33(3,4)5/h6-8,10-15,23,25H,9,16-22H2,1-5H3/t25-/m0/s1. The summed E-state index contributed by atoms with van der Waals surface area (Å²) in [5, 5.41) is 5.67. The molecule has 0 unspecified atom stereocenters. The highest BCUT2D eigenvalue weighted by Crippen LogP contribution is 2.29. The van der Waals surface area contributed by atoms with Gasteiger partial charge in [0.2, 0.25) is 5.91 Å². The first-order chi connectivity index (χ1) is 19.2. The number of hydrogen-bond acceptors (Lipinski definition) is 5. The van der Waals surface area contributed by atoms with Crippen molar-refractivity contribution in [2.24, 2.45) is 11.3 Å². The summed E-state index contributed by atoms with van der Waals surface area (Å²) >= 11 is 0. The molecule has 1 fully saturated rings. The highest BCUT2D eigenvalue weighted by molar-refractivity contribution is 5.88. The first-order valence-electron chi connectivity index (χ1n) is 14.5. The predicted molar refractivity (Wildman–Crippen MR) is 162 cm³/mol. The Morgan fingerprint density at radius 3 is 2.42 bits per heavy atom. The Labute approximate surface area is 238 Å². The van der Waals surface area contributed by atoms with Crippen LogP contribution in [-0.2, 0) is 11.2 Å². The molecule has 4 aromatic rings. The van der Waals surface area contributed by atoms with Gasteiger partial charge in [-0.1, -0.05) is 75.7 Å². The second kappa shape index (κ2) is 11.8.